The third kappa shape index (κ3) is 6.50. The molecule has 0 radical (unpaired) electrons. The molecule has 1 amide bonds. The number of nitrogens with one attached hydrogen (secondary N) is 1. The van der Waals surface area contributed by atoms with Gasteiger partial charge in [0, 0.05) is 12.2 Å². The lowest BCUT2D eigenvalue weighted by molar-refractivity contribution is -0.134. The molecule has 2 aromatic carbocycles. The van der Waals surface area contributed by atoms with Crippen molar-refractivity contribution >= 4 is 17.8 Å². The van der Waals surface area contributed by atoms with Gasteiger partial charge in [-0.25, -0.2) is 9.59 Å². The maximum absolute atomic E-state index is 12.7. The Bertz CT molecular complexity index is 822. The van der Waals surface area contributed by atoms with Gasteiger partial charge in [0.2, 0.25) is 5.91 Å². The molecule has 0 atom stereocenters. The largest absolute Gasteiger partial charge is 0.478 e. The van der Waals surface area contributed by atoms with Gasteiger partial charge in [-0.05, 0) is 43.0 Å². The predicted molar refractivity (Wildman–Crippen MR) is 116 cm³/mol. The smallest absolute Gasteiger partial charge is 0.328 e. The highest BCUT2D eigenvalue weighted by molar-refractivity contribution is 5.91. The van der Waals surface area contributed by atoms with Crippen LogP contribution in [0.15, 0.2) is 72.8 Å². The van der Waals surface area contributed by atoms with Crippen LogP contribution in [0, 0.1) is 5.92 Å². The summed E-state index contributed by atoms with van der Waals surface area (Å²) < 4.78 is 0. The minimum absolute atomic E-state index is 0. The van der Waals surface area contributed by atoms with Crippen LogP contribution in [0.5, 0.6) is 0 Å². The Balaban J connectivity index is 0.000000461. The molecule has 7 N–H and O–H groups in total. The maximum Gasteiger partial charge on any atom is 0.328 e. The summed E-state index contributed by atoms with van der Waals surface area (Å²) >= 11 is 0. The van der Waals surface area contributed by atoms with Gasteiger partial charge in [-0.1, -0.05) is 60.7 Å². The molecule has 0 aliphatic carbocycles. The Hall–Kier alpha value is -3.49. The van der Waals surface area contributed by atoms with E-state index in [1.165, 1.54) is 0 Å². The van der Waals surface area contributed by atoms with Gasteiger partial charge < -0.3 is 26.7 Å². The fourth-order valence-electron chi connectivity index (χ4n) is 3.92. The third-order valence-corrected chi connectivity index (χ3v) is 5.17. The lowest BCUT2D eigenvalue weighted by atomic mass is 9.62. The second-order valence-electron chi connectivity index (χ2n) is 6.94. The molecule has 31 heavy (non-hydrogen) atoms. The molecule has 1 saturated heterocycles. The number of aliphatic carboxylic acids is 2. The SMILES string of the molecule is NC(=O)C(c1ccccc1)(c1ccccc1)C1CCNCC1.O.O=C(O)/C=C/C(=O)O. The summed E-state index contributed by atoms with van der Waals surface area (Å²) in [5.74, 6) is -2.55. The summed E-state index contributed by atoms with van der Waals surface area (Å²) in [6.45, 7) is 1.86. The van der Waals surface area contributed by atoms with E-state index in [-0.39, 0.29) is 17.3 Å². The molecule has 1 heterocycles. The number of hydrogen-bond donors (Lipinski definition) is 4. The number of piperidine rings is 1. The number of carbonyl (C=O) groups is 3. The van der Waals surface area contributed by atoms with E-state index in [1.807, 2.05) is 60.7 Å². The van der Waals surface area contributed by atoms with Crippen molar-refractivity contribution in [3.63, 3.8) is 0 Å². The number of primary amides is 1. The first-order chi connectivity index (χ1) is 14.4. The van der Waals surface area contributed by atoms with Gasteiger partial charge in [-0.3, -0.25) is 4.79 Å². The first kappa shape index (κ1) is 25.5. The van der Waals surface area contributed by atoms with Crippen LogP contribution in [0.25, 0.3) is 0 Å². The van der Waals surface area contributed by atoms with E-state index in [4.69, 9.17) is 15.9 Å². The standard InChI is InChI=1S/C19H22N2O.C4H4O4.H2O/c20-18(22)19(15-7-3-1-4-8-15,16-9-5-2-6-10-16)17-11-13-21-14-12-17;5-3(6)1-2-4(7)8;/h1-10,17,21H,11-14H2,(H2,20,22);1-2H,(H,5,6)(H,7,8);1H2/b;2-1+;. The molecule has 8 nitrogen and oxygen atoms in total. The van der Waals surface area contributed by atoms with E-state index in [1.54, 1.807) is 0 Å². The fourth-order valence-corrected chi connectivity index (χ4v) is 3.92. The Kier molecular flexibility index (Phi) is 10.1. The number of nitrogens with two attached hydrogens (primary N) is 1. The second kappa shape index (κ2) is 12.3. The molecular formula is C23H28N2O6. The maximum atomic E-state index is 12.7. The number of amides is 1. The van der Waals surface area contributed by atoms with Crippen LogP contribution in [0.2, 0.25) is 0 Å². The molecule has 3 rings (SSSR count). The number of benzene rings is 2. The second-order valence-corrected chi connectivity index (χ2v) is 6.94. The minimum atomic E-state index is -1.26. The van der Waals surface area contributed by atoms with Crippen molar-refractivity contribution in [3.8, 4) is 0 Å². The van der Waals surface area contributed by atoms with Gasteiger partial charge in [-0.2, -0.15) is 0 Å². The minimum Gasteiger partial charge on any atom is -0.478 e. The zero-order valence-corrected chi connectivity index (χ0v) is 17.0. The quantitative estimate of drug-likeness (QED) is 0.508. The molecule has 0 spiro atoms. The predicted octanol–water partition coefficient (Wildman–Crippen LogP) is 1.34. The first-order valence-corrected chi connectivity index (χ1v) is 9.64. The summed E-state index contributed by atoms with van der Waals surface area (Å²) in [5, 5.41) is 19.0. The fraction of sp³-hybridized carbons (Fsp3) is 0.261. The molecule has 0 bridgehead atoms. The van der Waals surface area contributed by atoms with Gasteiger partial charge in [-0.15, -0.1) is 0 Å². The molecule has 1 aliphatic heterocycles. The average molecular weight is 428 g/mol. The molecule has 1 fully saturated rings. The van der Waals surface area contributed by atoms with Gasteiger partial charge in [0.15, 0.2) is 0 Å². The molecule has 2 aromatic rings. The van der Waals surface area contributed by atoms with Crippen molar-refractivity contribution in [2.75, 3.05) is 13.1 Å². The van der Waals surface area contributed by atoms with Crippen LogP contribution in [0.1, 0.15) is 24.0 Å². The van der Waals surface area contributed by atoms with Crippen LogP contribution < -0.4 is 11.1 Å². The summed E-state index contributed by atoms with van der Waals surface area (Å²) in [5.41, 5.74) is 7.26. The number of carboxylic acid groups (broad SMARTS) is 2. The molecule has 0 aromatic heterocycles. The van der Waals surface area contributed by atoms with Crippen LogP contribution in [-0.4, -0.2) is 46.6 Å². The van der Waals surface area contributed by atoms with Gasteiger partial charge >= 0.3 is 11.9 Å². The van der Waals surface area contributed by atoms with Crippen LogP contribution in [-0.2, 0) is 19.8 Å². The van der Waals surface area contributed by atoms with Crippen molar-refractivity contribution in [2.24, 2.45) is 11.7 Å². The van der Waals surface area contributed by atoms with E-state index in [0.717, 1.165) is 37.1 Å². The number of carbonyl (C=O) groups excluding carboxylic acids is 1. The van der Waals surface area contributed by atoms with Crippen molar-refractivity contribution in [2.45, 2.75) is 18.3 Å². The normalized spacial score (nSPS) is 14.1. The summed E-state index contributed by atoms with van der Waals surface area (Å²) in [4.78, 5) is 31.8. The number of carboxylic acids is 2. The monoisotopic (exact) mass is 428 g/mol. The first-order valence-electron chi connectivity index (χ1n) is 9.64. The number of rotatable bonds is 6. The molecule has 0 saturated carbocycles. The Morgan fingerprint density at radius 3 is 1.55 bits per heavy atom. The Labute approximate surface area is 180 Å². The molecule has 8 heteroatoms. The zero-order valence-electron chi connectivity index (χ0n) is 17.0. The van der Waals surface area contributed by atoms with E-state index in [2.05, 4.69) is 5.32 Å². The summed E-state index contributed by atoms with van der Waals surface area (Å²) in [6.07, 6.45) is 3.02. The molecular weight excluding hydrogens is 400 g/mol. The Morgan fingerprint density at radius 2 is 1.23 bits per heavy atom. The van der Waals surface area contributed by atoms with E-state index in [9.17, 15) is 14.4 Å². The number of hydrogen-bond acceptors (Lipinski definition) is 4. The highest BCUT2D eigenvalue weighted by Crippen LogP contribution is 2.43. The summed E-state index contributed by atoms with van der Waals surface area (Å²) in [7, 11) is 0. The van der Waals surface area contributed by atoms with Crippen molar-refractivity contribution in [1.82, 2.24) is 5.32 Å². The van der Waals surface area contributed by atoms with Crippen molar-refractivity contribution < 1.29 is 30.1 Å². The van der Waals surface area contributed by atoms with E-state index < -0.39 is 17.4 Å². The zero-order chi connectivity index (χ0) is 22.0. The van der Waals surface area contributed by atoms with Crippen molar-refractivity contribution in [1.29, 1.82) is 0 Å². The molecule has 166 valence electrons. The average Bonchev–Trinajstić information content (AvgIpc) is 2.75. The molecule has 1 aliphatic rings. The highest BCUT2D eigenvalue weighted by Gasteiger charge is 2.47. The van der Waals surface area contributed by atoms with Gasteiger partial charge in [0.1, 0.15) is 5.41 Å². The lowest BCUT2D eigenvalue weighted by Crippen LogP contribution is -2.51. The van der Waals surface area contributed by atoms with Crippen molar-refractivity contribution in [3.05, 3.63) is 83.9 Å². The van der Waals surface area contributed by atoms with Crippen LogP contribution in [0.4, 0.5) is 0 Å². The van der Waals surface area contributed by atoms with E-state index >= 15 is 0 Å². The summed E-state index contributed by atoms with van der Waals surface area (Å²) in [6, 6.07) is 20.0. The van der Waals surface area contributed by atoms with Gasteiger partial charge in [0.05, 0.1) is 0 Å². The highest BCUT2D eigenvalue weighted by atomic mass is 16.4. The van der Waals surface area contributed by atoms with E-state index in [0.29, 0.717) is 12.2 Å². The molecule has 0 unspecified atom stereocenters. The van der Waals surface area contributed by atoms with Gasteiger partial charge in [0.25, 0.3) is 0 Å². The third-order valence-electron chi connectivity index (χ3n) is 5.17. The lowest BCUT2D eigenvalue weighted by Gasteiger charge is -2.41. The van der Waals surface area contributed by atoms with Crippen LogP contribution >= 0.6 is 0 Å². The topological polar surface area (TPSA) is 161 Å². The Morgan fingerprint density at radius 1 is 0.839 bits per heavy atom. The van der Waals surface area contributed by atoms with Crippen LogP contribution in [0.3, 0.4) is 0 Å².